The number of carbonyl (C=O) groups is 4. The number of hydrogen-bond acceptors (Lipinski definition) is 11. The third-order valence-electron chi connectivity index (χ3n) is 11.1. The number of thiocarbonyl (C=S) groups is 1. The molecule has 0 spiro atoms. The van der Waals surface area contributed by atoms with Crippen molar-refractivity contribution in [3.8, 4) is 22.4 Å². The van der Waals surface area contributed by atoms with Crippen LogP contribution in [0.4, 0.5) is 28.9 Å². The van der Waals surface area contributed by atoms with Crippen LogP contribution >= 0.6 is 23.6 Å². The molecule has 2 aromatic heterocycles. The maximum absolute atomic E-state index is 15.4. The molecular formula is C45H48F4N8O6S2. The number of benzene rings is 2. The zero-order valence-electron chi connectivity index (χ0n) is 36.8. The van der Waals surface area contributed by atoms with E-state index in [0.29, 0.717) is 42.2 Å². The maximum Gasteiger partial charge on any atom is 0.420 e. The lowest BCUT2D eigenvalue weighted by Gasteiger charge is -2.35. The van der Waals surface area contributed by atoms with Crippen molar-refractivity contribution in [2.24, 2.45) is 5.41 Å². The van der Waals surface area contributed by atoms with Crippen LogP contribution in [0, 0.1) is 36.4 Å². The predicted octanol–water partition coefficient (Wildman–Crippen LogP) is 7.00. The molecule has 2 atom stereocenters. The van der Waals surface area contributed by atoms with E-state index in [4.69, 9.17) is 21.7 Å². The molecule has 20 heteroatoms. The Balaban J connectivity index is 1.00. The number of thiazole rings is 1. The first-order valence-electron chi connectivity index (χ1n) is 20.6. The lowest BCUT2D eigenvalue weighted by molar-refractivity contribution is -0.144. The summed E-state index contributed by atoms with van der Waals surface area (Å²) in [6.45, 7) is 12.1. The van der Waals surface area contributed by atoms with Gasteiger partial charge in [0, 0.05) is 19.2 Å². The third-order valence-corrected chi connectivity index (χ3v) is 12.4. The lowest BCUT2D eigenvalue weighted by Crippen LogP contribution is -2.58. The van der Waals surface area contributed by atoms with E-state index in [2.05, 4.69) is 20.6 Å². The summed E-state index contributed by atoms with van der Waals surface area (Å²) in [6.07, 6.45) is -4.09. The fourth-order valence-electron chi connectivity index (χ4n) is 7.72. The quantitative estimate of drug-likeness (QED) is 0.0759. The van der Waals surface area contributed by atoms with Crippen molar-refractivity contribution >= 4 is 63.7 Å². The lowest BCUT2D eigenvalue weighted by atomic mass is 9.85. The number of nitriles is 1. The second-order valence-electron chi connectivity index (χ2n) is 17.1. The first-order valence-corrected chi connectivity index (χ1v) is 21.9. The number of anilines is 2. The smallest absolute Gasteiger partial charge is 0.420 e. The van der Waals surface area contributed by atoms with Gasteiger partial charge in [-0.25, -0.2) is 14.4 Å². The van der Waals surface area contributed by atoms with Crippen LogP contribution in [0.3, 0.4) is 0 Å². The number of pyridine rings is 1. The first kappa shape index (κ1) is 48.4. The summed E-state index contributed by atoms with van der Waals surface area (Å²) in [5, 5.41) is 14.6. The van der Waals surface area contributed by atoms with Crippen LogP contribution in [0.2, 0.25) is 0 Å². The third kappa shape index (κ3) is 10.3. The molecule has 2 aromatic carbocycles. The van der Waals surface area contributed by atoms with Crippen LogP contribution in [0.15, 0.2) is 54.0 Å². The van der Waals surface area contributed by atoms with Crippen LogP contribution in [0.1, 0.15) is 75.5 Å². The van der Waals surface area contributed by atoms with Crippen LogP contribution in [-0.2, 0) is 36.6 Å². The van der Waals surface area contributed by atoms with Gasteiger partial charge in [0.2, 0.25) is 23.6 Å². The van der Waals surface area contributed by atoms with E-state index in [1.165, 1.54) is 41.8 Å². The highest BCUT2D eigenvalue weighted by Crippen LogP contribution is 2.42. The zero-order valence-corrected chi connectivity index (χ0v) is 38.4. The van der Waals surface area contributed by atoms with Crippen molar-refractivity contribution in [1.29, 1.82) is 5.26 Å². The Morgan fingerprint density at radius 2 is 1.72 bits per heavy atom. The standard InChI is InChI=1S/C45H48F4N8O6S2/c1-25-30(57-42(64)56(41(61)44(57,6)7)31-15-14-29(21-50)35(36(31)46)45(47,48)49)16-17-34(53-25)63-20-19-62-23-33(58)54-38(43(3,4)5)40(60)55-18-8-9-32(55)39(59)51-22-27-10-12-28(13-11-27)37-26(2)52-24-65-37/h10-17,24,32,38H,8-9,18-20,22-23H2,1-7H3,(H,51,59)(H,54,58). The monoisotopic (exact) mass is 936 g/mol. The Bertz CT molecular complexity index is 2540. The minimum absolute atomic E-state index is 0.0411. The molecule has 2 aliphatic heterocycles. The Morgan fingerprint density at radius 1 is 1.03 bits per heavy atom. The number of alkyl halides is 3. The summed E-state index contributed by atoms with van der Waals surface area (Å²) < 4.78 is 68.1. The van der Waals surface area contributed by atoms with Crippen molar-refractivity contribution in [2.75, 3.05) is 36.2 Å². The topological polar surface area (TPSA) is 170 Å². The van der Waals surface area contributed by atoms with Crippen LogP contribution in [0.5, 0.6) is 5.88 Å². The Labute approximate surface area is 382 Å². The van der Waals surface area contributed by atoms with Gasteiger partial charge in [-0.3, -0.25) is 24.1 Å². The van der Waals surface area contributed by atoms with E-state index in [1.807, 2.05) is 52.0 Å². The number of aromatic nitrogens is 2. The normalized spacial score (nSPS) is 16.7. The molecule has 2 aliphatic rings. The summed E-state index contributed by atoms with van der Waals surface area (Å²) in [7, 11) is 0. The van der Waals surface area contributed by atoms with Gasteiger partial charge in [0.1, 0.15) is 36.4 Å². The average molecular weight is 937 g/mol. The number of nitrogens with zero attached hydrogens (tertiary/aromatic N) is 6. The summed E-state index contributed by atoms with van der Waals surface area (Å²) in [4.78, 5) is 67.5. The second kappa shape index (κ2) is 19.2. The van der Waals surface area contributed by atoms with Gasteiger partial charge in [-0.2, -0.15) is 18.4 Å². The Kier molecular flexibility index (Phi) is 14.3. The minimum Gasteiger partial charge on any atom is -0.475 e. The van der Waals surface area contributed by atoms with Gasteiger partial charge in [0.15, 0.2) is 10.9 Å². The molecule has 0 aliphatic carbocycles. The largest absolute Gasteiger partial charge is 0.475 e. The van der Waals surface area contributed by atoms with Gasteiger partial charge >= 0.3 is 6.18 Å². The van der Waals surface area contributed by atoms with Crippen LogP contribution in [-0.4, -0.2) is 87.6 Å². The van der Waals surface area contributed by atoms with Gasteiger partial charge in [-0.15, -0.1) is 11.3 Å². The molecule has 65 heavy (non-hydrogen) atoms. The van der Waals surface area contributed by atoms with Crippen molar-refractivity contribution in [2.45, 2.75) is 91.7 Å². The number of aryl methyl sites for hydroxylation is 2. The molecular weight excluding hydrogens is 889 g/mol. The molecule has 6 rings (SSSR count). The van der Waals surface area contributed by atoms with E-state index >= 15 is 4.39 Å². The molecule has 0 saturated carbocycles. The Morgan fingerprint density at radius 3 is 2.34 bits per heavy atom. The number of likely N-dealkylation sites (tertiary alicyclic amines) is 1. The molecule has 0 radical (unpaired) electrons. The fourth-order valence-corrected chi connectivity index (χ4v) is 9.04. The number of carbonyl (C=O) groups excluding carboxylic acids is 4. The van der Waals surface area contributed by atoms with E-state index in [0.717, 1.165) is 33.8 Å². The highest BCUT2D eigenvalue weighted by molar-refractivity contribution is 7.81. The number of nitrogens with one attached hydrogen (secondary N) is 2. The average Bonchev–Trinajstić information content (AvgIpc) is 3.95. The van der Waals surface area contributed by atoms with Gasteiger partial charge in [-0.05, 0) is 87.5 Å². The number of amides is 4. The van der Waals surface area contributed by atoms with E-state index in [-0.39, 0.29) is 36.0 Å². The van der Waals surface area contributed by atoms with Crippen molar-refractivity contribution in [1.82, 2.24) is 25.5 Å². The molecule has 2 unspecified atom stereocenters. The number of ether oxygens (including phenoxy) is 2. The second-order valence-corrected chi connectivity index (χ2v) is 18.4. The van der Waals surface area contributed by atoms with Gasteiger partial charge in [0.25, 0.3) is 5.91 Å². The van der Waals surface area contributed by atoms with E-state index < -0.39 is 70.3 Å². The SMILES string of the molecule is Cc1nc(OCCOCC(=O)NC(C(=O)N2CCCC2C(=O)NCc2ccc(-c3scnc3C)cc2)C(C)(C)C)ccc1N1C(=S)N(c2ccc(C#N)c(C(F)(F)F)c2F)C(=O)C1(C)C. The van der Waals surface area contributed by atoms with E-state index in [9.17, 15) is 37.6 Å². The summed E-state index contributed by atoms with van der Waals surface area (Å²) in [5.74, 6) is -3.66. The van der Waals surface area contributed by atoms with Crippen molar-refractivity contribution < 1.29 is 46.2 Å². The number of halogens is 4. The Hall–Kier alpha value is -6.04. The number of hydrogen-bond donors (Lipinski definition) is 2. The van der Waals surface area contributed by atoms with Crippen LogP contribution < -0.4 is 25.2 Å². The molecule has 4 amide bonds. The molecule has 0 bridgehead atoms. The maximum atomic E-state index is 15.4. The molecule has 2 saturated heterocycles. The van der Waals surface area contributed by atoms with Gasteiger partial charge in [-0.1, -0.05) is 45.0 Å². The molecule has 2 fully saturated rings. The fraction of sp³-hybridized carbons (Fsp3) is 0.422. The summed E-state index contributed by atoms with van der Waals surface area (Å²) >= 11 is 7.10. The van der Waals surface area contributed by atoms with Gasteiger partial charge < -0.3 is 29.9 Å². The van der Waals surface area contributed by atoms with Crippen LogP contribution in [0.25, 0.3) is 10.4 Å². The minimum atomic E-state index is -5.22. The number of rotatable bonds is 14. The highest BCUT2D eigenvalue weighted by atomic mass is 32.1. The summed E-state index contributed by atoms with van der Waals surface area (Å²) in [6, 6.07) is 12.3. The molecule has 2 N–H and O–H groups in total. The molecule has 4 aromatic rings. The van der Waals surface area contributed by atoms with Crippen molar-refractivity contribution in [3.05, 3.63) is 87.9 Å². The zero-order chi connectivity index (χ0) is 47.6. The first-order chi connectivity index (χ1) is 30.6. The van der Waals surface area contributed by atoms with E-state index in [1.54, 1.807) is 23.8 Å². The molecule has 344 valence electrons. The highest BCUT2D eigenvalue weighted by Gasteiger charge is 2.52. The summed E-state index contributed by atoms with van der Waals surface area (Å²) in [5.41, 5.74) is -0.360. The molecule has 4 heterocycles. The van der Waals surface area contributed by atoms with Gasteiger partial charge in [0.05, 0.1) is 51.4 Å². The van der Waals surface area contributed by atoms with Crippen molar-refractivity contribution in [3.63, 3.8) is 0 Å². The predicted molar refractivity (Wildman–Crippen MR) is 238 cm³/mol. The molecule has 14 nitrogen and oxygen atoms in total.